The number of anilines is 1. The topological polar surface area (TPSA) is 38.3 Å². The molecule has 0 aromatic heterocycles. The van der Waals surface area contributed by atoms with Crippen LogP contribution in [-0.4, -0.2) is 13.5 Å². The fraction of sp³-hybridized carbons (Fsp3) is 0.462. The predicted molar refractivity (Wildman–Crippen MR) is 69.5 cm³/mol. The van der Waals surface area contributed by atoms with Crippen LogP contribution in [0.15, 0.2) is 24.3 Å². The standard InChI is InChI=1S/C9H11NO2.2C2H6/c1-10-9-4-2-8(3-5-9)6-12-7-11;2*1-2/h2-5,7,10H,6H2,1H3;2*1-2H3. The summed E-state index contributed by atoms with van der Waals surface area (Å²) in [5, 5.41) is 3.00. The molecule has 92 valence electrons. The lowest BCUT2D eigenvalue weighted by Gasteiger charge is -2.01. The zero-order chi connectivity index (χ0) is 12.8. The molecule has 0 atom stereocenters. The SMILES string of the molecule is CC.CC.CNc1ccc(COC=O)cc1. The van der Waals surface area contributed by atoms with Crippen molar-refractivity contribution in [1.82, 2.24) is 0 Å². The van der Waals surface area contributed by atoms with E-state index in [2.05, 4.69) is 10.1 Å². The van der Waals surface area contributed by atoms with Crippen molar-refractivity contribution in [2.75, 3.05) is 12.4 Å². The molecular formula is C13H23NO2. The second-order valence-electron chi connectivity index (χ2n) is 2.35. The highest BCUT2D eigenvalue weighted by Crippen LogP contribution is 2.08. The van der Waals surface area contributed by atoms with Gasteiger partial charge in [-0.15, -0.1) is 0 Å². The quantitative estimate of drug-likeness (QED) is 0.797. The second kappa shape index (κ2) is 13.5. The minimum atomic E-state index is 0.341. The van der Waals surface area contributed by atoms with Crippen LogP contribution in [0.4, 0.5) is 5.69 Å². The fourth-order valence-electron chi connectivity index (χ4n) is 0.898. The Morgan fingerprint density at radius 1 is 1.12 bits per heavy atom. The molecule has 0 aliphatic heterocycles. The number of rotatable bonds is 4. The summed E-state index contributed by atoms with van der Waals surface area (Å²) in [6.07, 6.45) is 0. The van der Waals surface area contributed by atoms with Crippen LogP contribution in [0.1, 0.15) is 33.3 Å². The minimum absolute atomic E-state index is 0.341. The highest BCUT2D eigenvalue weighted by atomic mass is 16.5. The molecule has 1 N–H and O–H groups in total. The molecule has 0 saturated carbocycles. The van der Waals surface area contributed by atoms with Crippen molar-refractivity contribution < 1.29 is 9.53 Å². The van der Waals surface area contributed by atoms with E-state index < -0.39 is 0 Å². The molecule has 0 amide bonds. The molecule has 0 radical (unpaired) electrons. The van der Waals surface area contributed by atoms with Gasteiger partial charge in [-0.25, -0.2) is 0 Å². The lowest BCUT2D eigenvalue weighted by atomic mass is 10.2. The maximum absolute atomic E-state index is 9.87. The summed E-state index contributed by atoms with van der Waals surface area (Å²) in [7, 11) is 1.86. The maximum atomic E-state index is 9.87. The van der Waals surface area contributed by atoms with Crippen LogP contribution in [0, 0.1) is 0 Å². The molecule has 1 aromatic rings. The monoisotopic (exact) mass is 225 g/mol. The molecule has 0 fully saturated rings. The van der Waals surface area contributed by atoms with Gasteiger partial charge in [-0.05, 0) is 17.7 Å². The van der Waals surface area contributed by atoms with E-state index in [1.54, 1.807) is 0 Å². The first-order valence-corrected chi connectivity index (χ1v) is 5.69. The predicted octanol–water partition coefficient (Wildman–Crippen LogP) is 3.45. The van der Waals surface area contributed by atoms with E-state index >= 15 is 0 Å². The average molecular weight is 225 g/mol. The third-order valence-electron chi connectivity index (χ3n) is 1.56. The van der Waals surface area contributed by atoms with Gasteiger partial charge in [-0.3, -0.25) is 4.79 Å². The Kier molecular flexibility index (Phi) is 14.3. The molecule has 0 aliphatic carbocycles. The molecule has 3 heteroatoms. The van der Waals surface area contributed by atoms with Gasteiger partial charge in [0.1, 0.15) is 6.61 Å². The lowest BCUT2D eigenvalue weighted by Crippen LogP contribution is -1.91. The zero-order valence-corrected chi connectivity index (χ0v) is 10.9. The smallest absolute Gasteiger partial charge is 0.293 e. The van der Waals surface area contributed by atoms with Crippen LogP contribution in [0.2, 0.25) is 0 Å². The van der Waals surface area contributed by atoms with Crippen molar-refractivity contribution in [1.29, 1.82) is 0 Å². The summed E-state index contributed by atoms with van der Waals surface area (Å²) in [6, 6.07) is 7.69. The Labute approximate surface area is 98.8 Å². The Balaban J connectivity index is 0. The third-order valence-corrected chi connectivity index (χ3v) is 1.56. The highest BCUT2D eigenvalue weighted by Gasteiger charge is 1.91. The van der Waals surface area contributed by atoms with Crippen molar-refractivity contribution >= 4 is 12.2 Å². The first kappa shape index (κ1) is 16.9. The lowest BCUT2D eigenvalue weighted by molar-refractivity contribution is -0.129. The minimum Gasteiger partial charge on any atom is -0.463 e. The van der Waals surface area contributed by atoms with Gasteiger partial charge < -0.3 is 10.1 Å². The van der Waals surface area contributed by atoms with E-state index in [9.17, 15) is 4.79 Å². The Morgan fingerprint density at radius 2 is 1.62 bits per heavy atom. The van der Waals surface area contributed by atoms with Gasteiger partial charge in [0.15, 0.2) is 0 Å². The molecule has 0 spiro atoms. The molecule has 0 heterocycles. The Hall–Kier alpha value is -1.51. The van der Waals surface area contributed by atoms with Crippen LogP contribution in [-0.2, 0) is 16.1 Å². The van der Waals surface area contributed by atoms with Crippen LogP contribution < -0.4 is 5.32 Å². The van der Waals surface area contributed by atoms with Crippen LogP contribution in [0.3, 0.4) is 0 Å². The van der Waals surface area contributed by atoms with Crippen LogP contribution in [0.25, 0.3) is 0 Å². The zero-order valence-electron chi connectivity index (χ0n) is 10.9. The van der Waals surface area contributed by atoms with E-state index in [4.69, 9.17) is 0 Å². The summed E-state index contributed by atoms with van der Waals surface area (Å²) < 4.78 is 4.59. The normalized spacial score (nSPS) is 7.56. The third kappa shape index (κ3) is 7.85. The van der Waals surface area contributed by atoms with Gasteiger partial charge in [0.25, 0.3) is 6.47 Å². The van der Waals surface area contributed by atoms with Gasteiger partial charge >= 0.3 is 0 Å². The molecule has 0 saturated heterocycles. The van der Waals surface area contributed by atoms with Gasteiger partial charge in [-0.1, -0.05) is 39.8 Å². The largest absolute Gasteiger partial charge is 0.463 e. The van der Waals surface area contributed by atoms with E-state index in [1.807, 2.05) is 59.0 Å². The number of carbonyl (C=O) groups excluding carboxylic acids is 1. The highest BCUT2D eigenvalue weighted by molar-refractivity contribution is 5.44. The van der Waals surface area contributed by atoms with E-state index in [0.717, 1.165) is 11.3 Å². The summed E-state index contributed by atoms with van der Waals surface area (Å²) in [4.78, 5) is 9.87. The molecular weight excluding hydrogens is 202 g/mol. The van der Waals surface area contributed by atoms with Gasteiger partial charge in [0.2, 0.25) is 0 Å². The molecule has 1 aromatic carbocycles. The number of carbonyl (C=O) groups is 1. The van der Waals surface area contributed by atoms with Crippen LogP contribution in [0.5, 0.6) is 0 Å². The molecule has 0 unspecified atom stereocenters. The Morgan fingerprint density at radius 3 is 2.00 bits per heavy atom. The first-order valence-electron chi connectivity index (χ1n) is 5.69. The number of hydrogen-bond acceptors (Lipinski definition) is 3. The summed E-state index contributed by atoms with van der Waals surface area (Å²) in [5.74, 6) is 0. The van der Waals surface area contributed by atoms with E-state index in [0.29, 0.717) is 13.1 Å². The molecule has 0 aliphatic rings. The summed E-state index contributed by atoms with van der Waals surface area (Å²) in [6.45, 7) is 8.79. The number of hydrogen-bond donors (Lipinski definition) is 1. The number of ether oxygens (including phenoxy) is 1. The first-order chi connectivity index (χ1) is 7.86. The van der Waals surface area contributed by atoms with Crippen molar-refractivity contribution in [3.05, 3.63) is 29.8 Å². The molecule has 16 heavy (non-hydrogen) atoms. The Bertz CT molecular complexity index is 245. The van der Waals surface area contributed by atoms with E-state index in [-0.39, 0.29) is 0 Å². The molecule has 1 rings (SSSR count). The maximum Gasteiger partial charge on any atom is 0.293 e. The fourth-order valence-corrected chi connectivity index (χ4v) is 0.898. The van der Waals surface area contributed by atoms with Crippen LogP contribution >= 0.6 is 0 Å². The van der Waals surface area contributed by atoms with Crippen molar-refractivity contribution in [3.8, 4) is 0 Å². The molecule has 3 nitrogen and oxygen atoms in total. The van der Waals surface area contributed by atoms with E-state index in [1.165, 1.54) is 0 Å². The van der Waals surface area contributed by atoms with Gasteiger partial charge in [0, 0.05) is 12.7 Å². The summed E-state index contributed by atoms with van der Waals surface area (Å²) >= 11 is 0. The number of benzene rings is 1. The average Bonchev–Trinajstić information content (AvgIpc) is 2.41. The molecule has 0 bridgehead atoms. The van der Waals surface area contributed by atoms with Crippen molar-refractivity contribution in [3.63, 3.8) is 0 Å². The van der Waals surface area contributed by atoms with Gasteiger partial charge in [-0.2, -0.15) is 0 Å². The number of nitrogens with one attached hydrogen (secondary N) is 1. The van der Waals surface area contributed by atoms with Crippen molar-refractivity contribution in [2.24, 2.45) is 0 Å². The van der Waals surface area contributed by atoms with Crippen molar-refractivity contribution in [2.45, 2.75) is 34.3 Å². The second-order valence-corrected chi connectivity index (χ2v) is 2.35. The van der Waals surface area contributed by atoms with Gasteiger partial charge in [0.05, 0.1) is 0 Å². The summed E-state index contributed by atoms with van der Waals surface area (Å²) in [5.41, 5.74) is 2.03.